The molecule has 18 nitrogen and oxygen atoms in total. The van der Waals surface area contributed by atoms with Crippen LogP contribution < -0.4 is 31.9 Å². The van der Waals surface area contributed by atoms with Gasteiger partial charge in [0.2, 0.25) is 47.3 Å². The summed E-state index contributed by atoms with van der Waals surface area (Å²) in [6.07, 6.45) is 16.9. The molecular weight excluding hydrogens is 989 g/mol. The fraction of sp³-hybridized carbons (Fsp3) is 0.667. The van der Waals surface area contributed by atoms with Crippen LogP contribution in [-0.4, -0.2) is 155 Å². The molecular formula is C60H88N10O8. The molecule has 0 saturated carbocycles. The molecule has 1 unspecified atom stereocenters. The highest BCUT2D eigenvalue weighted by Gasteiger charge is 2.48. The minimum Gasteiger partial charge on any atom is -0.347 e. The van der Waals surface area contributed by atoms with E-state index in [-0.39, 0.29) is 84.5 Å². The molecule has 8 rings (SSSR count). The van der Waals surface area contributed by atoms with Crippen molar-refractivity contribution in [1.29, 1.82) is 0 Å². The Morgan fingerprint density at radius 2 is 0.872 bits per heavy atom. The Bertz CT molecular complexity index is 2290. The van der Waals surface area contributed by atoms with Crippen molar-refractivity contribution in [3.8, 4) is 0 Å². The average molecular weight is 1080 g/mol. The largest absolute Gasteiger partial charge is 0.347 e. The third-order valence-electron chi connectivity index (χ3n) is 17.9. The van der Waals surface area contributed by atoms with Crippen molar-refractivity contribution in [3.05, 3.63) is 70.8 Å². The number of benzene rings is 2. The fourth-order valence-corrected chi connectivity index (χ4v) is 13.1. The van der Waals surface area contributed by atoms with Crippen LogP contribution in [0.15, 0.2) is 48.5 Å². The number of unbranched alkanes of at least 4 members (excludes halogenated alkanes) is 7. The molecule has 0 bridgehead atoms. The van der Waals surface area contributed by atoms with Gasteiger partial charge in [0, 0.05) is 51.1 Å². The number of carbonyl (C=O) groups is 8. The molecule has 426 valence electrons. The minimum absolute atomic E-state index is 0.0375. The Labute approximate surface area is 462 Å². The molecule has 10 atom stereocenters. The molecule has 4 aliphatic heterocycles. The summed E-state index contributed by atoms with van der Waals surface area (Å²) >= 11 is 0. The topological polar surface area (TPSA) is 222 Å². The maximum Gasteiger partial charge on any atom is 0.247 e. The third-order valence-corrected chi connectivity index (χ3v) is 17.9. The van der Waals surface area contributed by atoms with Crippen LogP contribution in [0.5, 0.6) is 0 Å². The zero-order valence-corrected chi connectivity index (χ0v) is 46.8. The quantitative estimate of drug-likeness (QED) is 0.0951. The van der Waals surface area contributed by atoms with Crippen LogP contribution in [0, 0.1) is 0 Å². The van der Waals surface area contributed by atoms with Gasteiger partial charge in [-0.3, -0.25) is 38.4 Å². The van der Waals surface area contributed by atoms with E-state index < -0.39 is 36.3 Å². The Hall–Kier alpha value is -5.88. The molecule has 8 amide bonds. The van der Waals surface area contributed by atoms with E-state index >= 15 is 0 Å². The normalized spacial score (nSPS) is 25.9. The summed E-state index contributed by atoms with van der Waals surface area (Å²) in [6.45, 7) is 4.42. The standard InChI is InChI=1S/C60H88N10O8/c1-39(61-3)55(73)65-49-37-67(35-33-43-29-31-51(69(43)59(49)77)57(75)63-47-25-17-21-41-19-13-15-23-45(41)47)53(71)27-11-9-7-5-6-8-10-12-28-54(72)68-36-34-44-30-32-52(70(44)60(78)50(38-68)66-56(74)40(2)62-4)58(76)64-48-26-18-22-42-20-14-16-24-46(42)48/h13-16,19-20,23-24,39-40,43-44,47-52,61-62H,5-12,17-18,21-22,25-38H2,1-4H3,(H,63,75)(H,64,76)(H,65,73)(H,66,74)/t39-,40-,43+,44+,47+,48+,49-,50-,51-,52?/m0/s1. The molecule has 2 aromatic rings. The molecule has 78 heavy (non-hydrogen) atoms. The molecule has 0 spiro atoms. The van der Waals surface area contributed by atoms with Crippen LogP contribution in [-0.2, 0) is 51.2 Å². The highest BCUT2D eigenvalue weighted by molar-refractivity contribution is 5.96. The van der Waals surface area contributed by atoms with E-state index in [1.54, 1.807) is 47.5 Å². The van der Waals surface area contributed by atoms with Crippen molar-refractivity contribution in [1.82, 2.24) is 51.5 Å². The van der Waals surface area contributed by atoms with Gasteiger partial charge in [0.15, 0.2) is 0 Å². The number of carbonyl (C=O) groups excluding carboxylic acids is 8. The second kappa shape index (κ2) is 27.8. The van der Waals surface area contributed by atoms with Crippen LogP contribution in [0.1, 0.15) is 177 Å². The third kappa shape index (κ3) is 14.3. The zero-order valence-electron chi connectivity index (χ0n) is 46.8. The lowest BCUT2D eigenvalue weighted by molar-refractivity contribution is -0.147. The Balaban J connectivity index is 0.763. The summed E-state index contributed by atoms with van der Waals surface area (Å²) in [4.78, 5) is 118. The van der Waals surface area contributed by atoms with E-state index in [0.29, 0.717) is 77.3 Å². The molecule has 4 saturated heterocycles. The number of nitrogens with one attached hydrogen (secondary N) is 6. The number of likely N-dealkylation sites (N-methyl/N-ethyl adjacent to an activating group) is 2. The Morgan fingerprint density at radius 3 is 1.27 bits per heavy atom. The molecule has 18 heteroatoms. The molecule has 6 N–H and O–H groups in total. The molecule has 4 fully saturated rings. The Morgan fingerprint density at radius 1 is 0.487 bits per heavy atom. The van der Waals surface area contributed by atoms with E-state index in [9.17, 15) is 38.4 Å². The molecule has 6 aliphatic rings. The van der Waals surface area contributed by atoms with E-state index in [1.165, 1.54) is 11.1 Å². The first kappa shape index (κ1) is 58.3. The van der Waals surface area contributed by atoms with Crippen molar-refractivity contribution in [2.75, 3.05) is 40.3 Å². The van der Waals surface area contributed by atoms with Gasteiger partial charge in [-0.2, -0.15) is 0 Å². The van der Waals surface area contributed by atoms with E-state index in [2.05, 4.69) is 56.2 Å². The lowest BCUT2D eigenvalue weighted by Gasteiger charge is -2.39. The van der Waals surface area contributed by atoms with E-state index in [1.807, 2.05) is 24.3 Å². The second-order valence-electron chi connectivity index (χ2n) is 23.0. The van der Waals surface area contributed by atoms with Gasteiger partial charge in [0.05, 0.1) is 24.2 Å². The maximum atomic E-state index is 14.5. The minimum atomic E-state index is -0.980. The van der Waals surface area contributed by atoms with Crippen LogP contribution >= 0.6 is 0 Å². The van der Waals surface area contributed by atoms with Gasteiger partial charge in [-0.25, -0.2) is 0 Å². The smallest absolute Gasteiger partial charge is 0.247 e. The van der Waals surface area contributed by atoms with Crippen molar-refractivity contribution in [2.24, 2.45) is 0 Å². The average Bonchev–Trinajstić information content (AvgIpc) is 4.08. The van der Waals surface area contributed by atoms with Gasteiger partial charge < -0.3 is 51.5 Å². The number of nitrogens with zero attached hydrogens (tertiary/aromatic N) is 4. The number of rotatable bonds is 21. The SMILES string of the molecule is CN[C@@H](C)C(=O)N[C@H]1CN(C(=O)CCCCCCCCCCC(=O)N2CC[C@H]3CC[C@@H](C(=O)N[C@@H]4CCCc5ccccc54)N3C(=O)[C@@H](NC(=O)[C@H](C)NC)C2)CC[C@H]2CCC(C(=O)N[C@@H]3CCCc4ccccc43)N2C1=O. The number of fused-ring (bicyclic) bond motifs is 4. The number of hydrogen-bond donors (Lipinski definition) is 6. The molecule has 2 aromatic carbocycles. The predicted octanol–water partition coefficient (Wildman–Crippen LogP) is 4.64. The zero-order chi connectivity index (χ0) is 55.3. The summed E-state index contributed by atoms with van der Waals surface area (Å²) in [7, 11) is 3.36. The second-order valence-corrected chi connectivity index (χ2v) is 23.0. The van der Waals surface area contributed by atoms with Gasteiger partial charge in [-0.1, -0.05) is 87.1 Å². The van der Waals surface area contributed by atoms with Gasteiger partial charge >= 0.3 is 0 Å². The van der Waals surface area contributed by atoms with Crippen molar-refractivity contribution in [2.45, 2.75) is 216 Å². The van der Waals surface area contributed by atoms with Crippen LogP contribution in [0.4, 0.5) is 0 Å². The first-order valence-corrected chi connectivity index (χ1v) is 29.7. The highest BCUT2D eigenvalue weighted by Crippen LogP contribution is 2.35. The van der Waals surface area contributed by atoms with E-state index in [4.69, 9.17) is 0 Å². The first-order valence-electron chi connectivity index (χ1n) is 29.7. The fourth-order valence-electron chi connectivity index (χ4n) is 13.1. The summed E-state index contributed by atoms with van der Waals surface area (Å²) in [5.41, 5.74) is 4.75. The first-order chi connectivity index (χ1) is 37.8. The van der Waals surface area contributed by atoms with Crippen molar-refractivity contribution in [3.63, 3.8) is 0 Å². The molecule has 0 radical (unpaired) electrons. The van der Waals surface area contributed by atoms with Crippen molar-refractivity contribution < 1.29 is 38.4 Å². The number of hydrogen-bond acceptors (Lipinski definition) is 10. The summed E-state index contributed by atoms with van der Waals surface area (Å²) < 4.78 is 0. The van der Waals surface area contributed by atoms with Gasteiger partial charge in [0.1, 0.15) is 24.2 Å². The number of aryl methyl sites for hydroxylation is 2. The predicted molar refractivity (Wildman–Crippen MR) is 297 cm³/mol. The summed E-state index contributed by atoms with van der Waals surface area (Å²) in [6, 6.07) is 11.4. The van der Waals surface area contributed by atoms with Gasteiger partial charge in [-0.15, -0.1) is 0 Å². The van der Waals surface area contributed by atoms with Crippen LogP contribution in [0.2, 0.25) is 0 Å². The monoisotopic (exact) mass is 1080 g/mol. The van der Waals surface area contributed by atoms with Gasteiger partial charge in [0.25, 0.3) is 0 Å². The van der Waals surface area contributed by atoms with Gasteiger partial charge in [-0.05, 0) is 140 Å². The molecule has 0 aromatic heterocycles. The molecule has 2 aliphatic carbocycles. The van der Waals surface area contributed by atoms with Crippen molar-refractivity contribution >= 4 is 47.3 Å². The molecule has 4 heterocycles. The highest BCUT2D eigenvalue weighted by atomic mass is 16.2. The lowest BCUT2D eigenvalue weighted by Crippen LogP contribution is -2.62. The van der Waals surface area contributed by atoms with Crippen LogP contribution in [0.3, 0.4) is 0 Å². The summed E-state index contributed by atoms with van der Waals surface area (Å²) in [5.74, 6) is -1.72. The van der Waals surface area contributed by atoms with E-state index in [0.717, 1.165) is 88.2 Å². The van der Waals surface area contributed by atoms with Crippen LogP contribution in [0.25, 0.3) is 0 Å². The summed E-state index contributed by atoms with van der Waals surface area (Å²) in [5, 5.41) is 18.3. The Kier molecular flexibility index (Phi) is 20.8. The maximum absolute atomic E-state index is 14.5. The number of amides is 8. The lowest BCUT2D eigenvalue weighted by atomic mass is 9.87.